The van der Waals surface area contributed by atoms with Crippen molar-refractivity contribution in [3.8, 4) is 0 Å². The molecule has 1 unspecified atom stereocenters. The molecule has 0 spiro atoms. The number of benzene rings is 1. The van der Waals surface area contributed by atoms with E-state index in [9.17, 15) is 0 Å². The second-order valence-corrected chi connectivity index (χ2v) is 5.71. The van der Waals surface area contributed by atoms with E-state index in [0.29, 0.717) is 4.60 Å². The molecule has 5 heteroatoms. The van der Waals surface area contributed by atoms with Crippen molar-refractivity contribution in [1.29, 1.82) is 0 Å². The molecule has 4 nitrogen and oxygen atoms in total. The smallest absolute Gasteiger partial charge is 0.153 e. The minimum absolute atomic E-state index is 0.186. The van der Waals surface area contributed by atoms with Crippen LogP contribution in [0.5, 0.6) is 0 Å². The van der Waals surface area contributed by atoms with Crippen LogP contribution in [0, 0.1) is 0 Å². The molecular formula is C13H17BrN4. The zero-order valence-electron chi connectivity index (χ0n) is 10.8. The quantitative estimate of drug-likeness (QED) is 0.948. The standard InChI is InChI=1S/C13H17BrN4/c1-13(2,9-7-5-4-6-8-9)11(15)10-12(14)16-17-18(10)3/h4-8,11H,15H2,1-3H3. The number of aromatic nitrogens is 3. The van der Waals surface area contributed by atoms with Crippen LogP contribution in [0.2, 0.25) is 0 Å². The third kappa shape index (κ3) is 2.20. The lowest BCUT2D eigenvalue weighted by molar-refractivity contribution is 0.399. The van der Waals surface area contributed by atoms with Crippen molar-refractivity contribution in [1.82, 2.24) is 15.0 Å². The SMILES string of the molecule is Cn1nnc(Br)c1C(N)C(C)(C)c1ccccc1. The zero-order valence-corrected chi connectivity index (χ0v) is 12.3. The van der Waals surface area contributed by atoms with Gasteiger partial charge in [0, 0.05) is 12.5 Å². The van der Waals surface area contributed by atoms with Crippen LogP contribution in [0.4, 0.5) is 0 Å². The summed E-state index contributed by atoms with van der Waals surface area (Å²) >= 11 is 3.41. The first kappa shape index (κ1) is 13.2. The predicted molar refractivity (Wildman–Crippen MR) is 75.1 cm³/mol. The molecule has 1 heterocycles. The van der Waals surface area contributed by atoms with Crippen LogP contribution in [0.3, 0.4) is 0 Å². The Morgan fingerprint density at radius 1 is 1.28 bits per heavy atom. The highest BCUT2D eigenvalue weighted by molar-refractivity contribution is 9.10. The van der Waals surface area contributed by atoms with Gasteiger partial charge in [-0.2, -0.15) is 0 Å². The lowest BCUT2D eigenvalue weighted by Crippen LogP contribution is -2.34. The molecule has 2 N–H and O–H groups in total. The van der Waals surface area contributed by atoms with Gasteiger partial charge in [-0.15, -0.1) is 5.10 Å². The minimum Gasteiger partial charge on any atom is -0.322 e. The van der Waals surface area contributed by atoms with Crippen LogP contribution in [0.15, 0.2) is 34.9 Å². The van der Waals surface area contributed by atoms with Gasteiger partial charge in [0.2, 0.25) is 0 Å². The Labute approximate surface area is 115 Å². The average molecular weight is 309 g/mol. The third-order valence-electron chi connectivity index (χ3n) is 3.42. The van der Waals surface area contributed by atoms with E-state index in [2.05, 4.69) is 52.2 Å². The first-order valence-corrected chi connectivity index (χ1v) is 6.60. The normalized spacial score (nSPS) is 13.6. The summed E-state index contributed by atoms with van der Waals surface area (Å²) in [5.41, 5.74) is 8.33. The van der Waals surface area contributed by atoms with E-state index >= 15 is 0 Å². The van der Waals surface area contributed by atoms with Gasteiger partial charge in [-0.1, -0.05) is 49.4 Å². The Balaban J connectivity index is 2.42. The number of hydrogen-bond acceptors (Lipinski definition) is 3. The molecule has 0 amide bonds. The summed E-state index contributed by atoms with van der Waals surface area (Å²) in [5.74, 6) is 0. The molecular weight excluding hydrogens is 292 g/mol. The maximum absolute atomic E-state index is 6.42. The molecule has 0 fully saturated rings. The van der Waals surface area contributed by atoms with Gasteiger partial charge in [0.15, 0.2) is 4.60 Å². The fourth-order valence-corrected chi connectivity index (χ4v) is 2.63. The van der Waals surface area contributed by atoms with Gasteiger partial charge in [0.25, 0.3) is 0 Å². The van der Waals surface area contributed by atoms with Crippen molar-refractivity contribution in [2.45, 2.75) is 25.3 Å². The molecule has 0 aliphatic heterocycles. The van der Waals surface area contributed by atoms with Crippen LogP contribution in [0.1, 0.15) is 31.1 Å². The molecule has 2 aromatic rings. The molecule has 0 radical (unpaired) electrons. The number of hydrogen-bond donors (Lipinski definition) is 1. The van der Waals surface area contributed by atoms with Crippen LogP contribution in [-0.2, 0) is 12.5 Å². The number of halogens is 1. The highest BCUT2D eigenvalue weighted by Gasteiger charge is 2.33. The molecule has 2 rings (SSSR count). The van der Waals surface area contributed by atoms with Gasteiger partial charge >= 0.3 is 0 Å². The second kappa shape index (κ2) is 4.82. The summed E-state index contributed by atoms with van der Waals surface area (Å²) in [6, 6.07) is 10.1. The van der Waals surface area contributed by atoms with Crippen molar-refractivity contribution in [3.05, 3.63) is 46.2 Å². The van der Waals surface area contributed by atoms with E-state index in [1.54, 1.807) is 4.68 Å². The maximum Gasteiger partial charge on any atom is 0.153 e. The Hall–Kier alpha value is -1.20. The number of nitrogens with two attached hydrogens (primary N) is 1. The van der Waals surface area contributed by atoms with Crippen LogP contribution < -0.4 is 5.73 Å². The molecule has 0 bridgehead atoms. The highest BCUT2D eigenvalue weighted by atomic mass is 79.9. The predicted octanol–water partition coefficient (Wildman–Crippen LogP) is 2.56. The topological polar surface area (TPSA) is 56.7 Å². The average Bonchev–Trinajstić information content (AvgIpc) is 2.69. The molecule has 0 aliphatic carbocycles. The van der Waals surface area contributed by atoms with Crippen molar-refractivity contribution in [2.75, 3.05) is 0 Å². The summed E-state index contributed by atoms with van der Waals surface area (Å²) in [4.78, 5) is 0. The summed E-state index contributed by atoms with van der Waals surface area (Å²) in [5, 5.41) is 7.98. The minimum atomic E-state index is -0.195. The molecule has 0 saturated carbocycles. The first-order chi connectivity index (χ1) is 8.44. The number of nitrogens with zero attached hydrogens (tertiary/aromatic N) is 3. The van der Waals surface area contributed by atoms with E-state index in [1.807, 2.05) is 25.2 Å². The molecule has 1 aromatic heterocycles. The summed E-state index contributed by atoms with van der Waals surface area (Å²) in [6.45, 7) is 4.26. The van der Waals surface area contributed by atoms with Crippen LogP contribution in [-0.4, -0.2) is 15.0 Å². The van der Waals surface area contributed by atoms with Crippen molar-refractivity contribution >= 4 is 15.9 Å². The Kier molecular flexibility index (Phi) is 3.54. The second-order valence-electron chi connectivity index (χ2n) is 4.95. The van der Waals surface area contributed by atoms with E-state index in [-0.39, 0.29) is 11.5 Å². The zero-order chi connectivity index (χ0) is 13.3. The van der Waals surface area contributed by atoms with Gasteiger partial charge in [-0.05, 0) is 21.5 Å². The Bertz CT molecular complexity index is 514. The molecule has 0 saturated heterocycles. The van der Waals surface area contributed by atoms with Gasteiger partial charge in [0.1, 0.15) is 0 Å². The molecule has 1 aromatic carbocycles. The van der Waals surface area contributed by atoms with Crippen molar-refractivity contribution < 1.29 is 0 Å². The van der Waals surface area contributed by atoms with E-state index in [4.69, 9.17) is 5.73 Å². The fraction of sp³-hybridized carbons (Fsp3) is 0.385. The Morgan fingerprint density at radius 3 is 2.39 bits per heavy atom. The lowest BCUT2D eigenvalue weighted by atomic mass is 9.77. The molecule has 18 heavy (non-hydrogen) atoms. The largest absolute Gasteiger partial charge is 0.322 e. The Morgan fingerprint density at radius 2 is 1.89 bits per heavy atom. The fourth-order valence-electron chi connectivity index (χ4n) is 2.06. The lowest BCUT2D eigenvalue weighted by Gasteiger charge is -2.32. The van der Waals surface area contributed by atoms with Gasteiger partial charge in [-0.3, -0.25) is 0 Å². The van der Waals surface area contributed by atoms with Crippen LogP contribution >= 0.6 is 15.9 Å². The van der Waals surface area contributed by atoms with Gasteiger partial charge in [0.05, 0.1) is 11.7 Å². The van der Waals surface area contributed by atoms with Crippen LogP contribution in [0.25, 0.3) is 0 Å². The highest BCUT2D eigenvalue weighted by Crippen LogP contribution is 2.36. The summed E-state index contributed by atoms with van der Waals surface area (Å²) in [7, 11) is 1.86. The van der Waals surface area contributed by atoms with E-state index in [0.717, 1.165) is 5.69 Å². The molecule has 1 atom stereocenters. The first-order valence-electron chi connectivity index (χ1n) is 5.80. The van der Waals surface area contributed by atoms with Crippen molar-refractivity contribution in [2.24, 2.45) is 12.8 Å². The number of rotatable bonds is 3. The molecule has 96 valence electrons. The summed E-state index contributed by atoms with van der Waals surface area (Å²) in [6.07, 6.45) is 0. The monoisotopic (exact) mass is 308 g/mol. The van der Waals surface area contributed by atoms with E-state index < -0.39 is 0 Å². The van der Waals surface area contributed by atoms with E-state index in [1.165, 1.54) is 5.56 Å². The molecule has 0 aliphatic rings. The number of aryl methyl sites for hydroxylation is 1. The van der Waals surface area contributed by atoms with Gasteiger partial charge < -0.3 is 5.73 Å². The maximum atomic E-state index is 6.42. The summed E-state index contributed by atoms with van der Waals surface area (Å²) < 4.78 is 2.43. The van der Waals surface area contributed by atoms with Crippen molar-refractivity contribution in [3.63, 3.8) is 0 Å². The third-order valence-corrected chi connectivity index (χ3v) is 3.98. The van der Waals surface area contributed by atoms with Gasteiger partial charge in [-0.25, -0.2) is 4.68 Å².